The first-order valence-corrected chi connectivity index (χ1v) is 9.24. The lowest BCUT2D eigenvalue weighted by Gasteiger charge is -2.08. The molecule has 4 aromatic rings. The monoisotopic (exact) mass is 378 g/mol. The van der Waals surface area contributed by atoms with E-state index in [2.05, 4.69) is 30.8 Å². The molecule has 3 heterocycles. The number of aromatic nitrogens is 4. The van der Waals surface area contributed by atoms with E-state index in [1.54, 1.807) is 12.4 Å². The zero-order chi connectivity index (χ0) is 19.0. The number of nitrogens with one attached hydrogen (secondary N) is 3. The molecule has 0 radical (unpaired) electrons. The van der Waals surface area contributed by atoms with Crippen LogP contribution in [0.3, 0.4) is 0 Å². The summed E-state index contributed by atoms with van der Waals surface area (Å²) >= 11 is 1.29. The molecular weight excluding hydrogens is 360 g/mol. The second-order valence-corrected chi connectivity index (χ2v) is 7.35. The number of benzene rings is 1. The van der Waals surface area contributed by atoms with E-state index in [9.17, 15) is 4.79 Å². The largest absolute Gasteiger partial charge is 0.320 e. The third-order valence-electron chi connectivity index (χ3n) is 4.26. The van der Waals surface area contributed by atoms with Crippen LogP contribution in [0.5, 0.6) is 0 Å². The zero-order valence-electron chi connectivity index (χ0n) is 15.1. The summed E-state index contributed by atoms with van der Waals surface area (Å²) in [6, 6.07) is 7.85. The number of rotatable bonds is 4. The molecule has 7 nitrogen and oxygen atoms in total. The van der Waals surface area contributed by atoms with Gasteiger partial charge in [0, 0.05) is 11.1 Å². The second kappa shape index (κ2) is 6.81. The Bertz CT molecular complexity index is 1150. The molecule has 0 saturated heterocycles. The van der Waals surface area contributed by atoms with Crippen LogP contribution in [0.2, 0.25) is 0 Å². The van der Waals surface area contributed by atoms with Crippen molar-refractivity contribution in [2.45, 2.75) is 20.8 Å². The maximum absolute atomic E-state index is 12.7. The molecule has 0 saturated carbocycles. The van der Waals surface area contributed by atoms with Gasteiger partial charge in [-0.1, -0.05) is 23.5 Å². The van der Waals surface area contributed by atoms with Gasteiger partial charge in [0.2, 0.25) is 0 Å². The number of thiazole rings is 1. The van der Waals surface area contributed by atoms with E-state index in [0.717, 1.165) is 39.2 Å². The molecule has 3 aromatic heterocycles. The highest BCUT2D eigenvalue weighted by atomic mass is 32.1. The van der Waals surface area contributed by atoms with Crippen LogP contribution in [0.4, 0.5) is 16.6 Å². The highest BCUT2D eigenvalue weighted by Crippen LogP contribution is 2.28. The molecule has 8 heteroatoms. The minimum absolute atomic E-state index is 0.203. The standard InChI is InChI=1S/C19H18N6OS/c1-10-5-7-14-13(8-21-25-14)16(10)23-18(26)15-9-20-19(27-15)24-17-11(2)4-6-12(3)22-17/h4-9H,1-3H3,(H,21,25)(H,23,26)(H,20,22,24). The number of amides is 1. The van der Waals surface area contributed by atoms with Crippen LogP contribution in [0, 0.1) is 20.8 Å². The fourth-order valence-corrected chi connectivity index (χ4v) is 3.47. The molecule has 1 amide bonds. The summed E-state index contributed by atoms with van der Waals surface area (Å²) in [6.07, 6.45) is 3.28. The van der Waals surface area contributed by atoms with E-state index < -0.39 is 0 Å². The van der Waals surface area contributed by atoms with E-state index in [4.69, 9.17) is 0 Å². The maximum Gasteiger partial charge on any atom is 0.267 e. The van der Waals surface area contributed by atoms with Gasteiger partial charge in [-0.05, 0) is 44.0 Å². The summed E-state index contributed by atoms with van der Waals surface area (Å²) in [4.78, 5) is 22.0. The molecule has 4 rings (SSSR count). The molecule has 136 valence electrons. The quantitative estimate of drug-likeness (QED) is 0.491. The Morgan fingerprint density at radius 1 is 1.07 bits per heavy atom. The first-order chi connectivity index (χ1) is 13.0. The number of hydrogen-bond acceptors (Lipinski definition) is 6. The lowest BCUT2D eigenvalue weighted by Crippen LogP contribution is -2.11. The Morgan fingerprint density at radius 3 is 2.74 bits per heavy atom. The van der Waals surface area contributed by atoms with Crippen molar-refractivity contribution in [1.82, 2.24) is 20.2 Å². The fraction of sp³-hybridized carbons (Fsp3) is 0.158. The molecule has 0 fully saturated rings. The Labute approximate surface area is 159 Å². The third-order valence-corrected chi connectivity index (χ3v) is 5.17. The number of H-pyrrole nitrogens is 1. The van der Waals surface area contributed by atoms with Crippen molar-refractivity contribution in [3.8, 4) is 0 Å². The molecule has 0 unspecified atom stereocenters. The summed E-state index contributed by atoms with van der Waals surface area (Å²) < 4.78 is 0. The van der Waals surface area contributed by atoms with Crippen molar-refractivity contribution in [2.75, 3.05) is 10.6 Å². The van der Waals surface area contributed by atoms with E-state index in [0.29, 0.717) is 10.0 Å². The highest BCUT2D eigenvalue weighted by Gasteiger charge is 2.15. The number of aryl methyl sites for hydroxylation is 3. The molecule has 0 aliphatic heterocycles. The summed E-state index contributed by atoms with van der Waals surface area (Å²) in [7, 11) is 0. The number of aromatic amines is 1. The van der Waals surface area contributed by atoms with Crippen molar-refractivity contribution in [3.63, 3.8) is 0 Å². The number of pyridine rings is 1. The van der Waals surface area contributed by atoms with E-state index >= 15 is 0 Å². The number of fused-ring (bicyclic) bond motifs is 1. The maximum atomic E-state index is 12.7. The van der Waals surface area contributed by atoms with Gasteiger partial charge in [0.15, 0.2) is 5.13 Å². The van der Waals surface area contributed by atoms with Crippen LogP contribution < -0.4 is 10.6 Å². The van der Waals surface area contributed by atoms with Crippen LogP contribution in [0.15, 0.2) is 36.7 Å². The molecule has 0 aliphatic rings. The smallest absolute Gasteiger partial charge is 0.267 e. The molecule has 0 spiro atoms. The minimum atomic E-state index is -0.203. The average molecular weight is 378 g/mol. The molecule has 0 aliphatic carbocycles. The summed E-state index contributed by atoms with van der Waals surface area (Å²) in [5.41, 5.74) is 4.54. The number of carbonyl (C=O) groups excluding carboxylic acids is 1. The van der Waals surface area contributed by atoms with Gasteiger partial charge in [-0.3, -0.25) is 9.89 Å². The Hall–Kier alpha value is -3.26. The van der Waals surface area contributed by atoms with Crippen molar-refractivity contribution >= 4 is 44.8 Å². The van der Waals surface area contributed by atoms with Crippen LogP contribution >= 0.6 is 11.3 Å². The Morgan fingerprint density at radius 2 is 1.89 bits per heavy atom. The van der Waals surface area contributed by atoms with Gasteiger partial charge < -0.3 is 10.6 Å². The van der Waals surface area contributed by atoms with Crippen LogP contribution in [0.25, 0.3) is 10.9 Å². The summed E-state index contributed by atoms with van der Waals surface area (Å²) in [6.45, 7) is 5.86. The number of hydrogen-bond donors (Lipinski definition) is 3. The van der Waals surface area contributed by atoms with Crippen molar-refractivity contribution in [2.24, 2.45) is 0 Å². The Kier molecular flexibility index (Phi) is 4.33. The van der Waals surface area contributed by atoms with Crippen LogP contribution in [-0.2, 0) is 0 Å². The van der Waals surface area contributed by atoms with Gasteiger partial charge in [-0.15, -0.1) is 0 Å². The number of carbonyl (C=O) groups is 1. The SMILES string of the molecule is Cc1ccc(C)c(Nc2ncc(C(=O)Nc3c(C)ccc4[nH]ncc34)s2)n1. The van der Waals surface area contributed by atoms with E-state index in [-0.39, 0.29) is 5.91 Å². The number of anilines is 3. The zero-order valence-corrected chi connectivity index (χ0v) is 15.9. The molecule has 3 N–H and O–H groups in total. The molecule has 1 aromatic carbocycles. The first kappa shape index (κ1) is 17.2. The topological polar surface area (TPSA) is 95.6 Å². The van der Waals surface area contributed by atoms with Crippen molar-refractivity contribution < 1.29 is 4.79 Å². The predicted molar refractivity (Wildman–Crippen MR) is 108 cm³/mol. The summed E-state index contributed by atoms with van der Waals surface area (Å²) in [5.74, 6) is 0.543. The Balaban J connectivity index is 1.56. The lowest BCUT2D eigenvalue weighted by molar-refractivity contribution is 0.103. The van der Waals surface area contributed by atoms with Gasteiger partial charge in [0.1, 0.15) is 10.7 Å². The van der Waals surface area contributed by atoms with E-state index in [1.807, 2.05) is 45.0 Å². The molecule has 27 heavy (non-hydrogen) atoms. The van der Waals surface area contributed by atoms with Gasteiger partial charge in [0.25, 0.3) is 5.91 Å². The van der Waals surface area contributed by atoms with Gasteiger partial charge in [-0.2, -0.15) is 5.10 Å². The lowest BCUT2D eigenvalue weighted by atomic mass is 10.1. The predicted octanol–water partition coefficient (Wildman–Crippen LogP) is 4.34. The molecular formula is C19H18N6OS. The fourth-order valence-electron chi connectivity index (χ4n) is 2.76. The summed E-state index contributed by atoms with van der Waals surface area (Å²) in [5, 5.41) is 14.6. The van der Waals surface area contributed by atoms with E-state index in [1.165, 1.54) is 11.3 Å². The van der Waals surface area contributed by atoms with Gasteiger partial charge in [-0.25, -0.2) is 9.97 Å². The van der Waals surface area contributed by atoms with Gasteiger partial charge >= 0.3 is 0 Å². The number of nitrogens with zero attached hydrogens (tertiary/aromatic N) is 3. The average Bonchev–Trinajstić information content (AvgIpc) is 3.30. The first-order valence-electron chi connectivity index (χ1n) is 8.42. The van der Waals surface area contributed by atoms with Crippen molar-refractivity contribution in [3.05, 3.63) is 58.4 Å². The van der Waals surface area contributed by atoms with Crippen LogP contribution in [0.1, 0.15) is 26.5 Å². The normalized spacial score (nSPS) is 10.9. The van der Waals surface area contributed by atoms with Gasteiger partial charge in [0.05, 0.1) is 23.6 Å². The minimum Gasteiger partial charge on any atom is -0.320 e. The highest BCUT2D eigenvalue weighted by molar-refractivity contribution is 7.17. The van der Waals surface area contributed by atoms with Crippen LogP contribution in [-0.4, -0.2) is 26.1 Å². The third kappa shape index (κ3) is 3.39. The van der Waals surface area contributed by atoms with Crippen molar-refractivity contribution in [1.29, 1.82) is 0 Å². The second-order valence-electron chi connectivity index (χ2n) is 6.32. The molecule has 0 atom stereocenters. The molecule has 0 bridgehead atoms.